The molecule has 1 amide bonds. The number of likely N-dealkylation sites (N-methyl/N-ethyl adjacent to an activating group) is 1. The Morgan fingerprint density at radius 2 is 2.05 bits per heavy atom. The zero-order valence-corrected chi connectivity index (χ0v) is 11.8. The molecule has 0 unspecified atom stereocenters. The summed E-state index contributed by atoms with van der Waals surface area (Å²) < 4.78 is 0. The number of hydrogen-bond donors (Lipinski definition) is 0. The molecule has 0 spiro atoms. The largest absolute Gasteiger partial charge is 0.334 e. The number of hydrogen-bond acceptors (Lipinski definition) is 3. The highest BCUT2D eigenvalue weighted by molar-refractivity contribution is 5.92. The third-order valence-electron chi connectivity index (χ3n) is 2.83. The van der Waals surface area contributed by atoms with Crippen LogP contribution in [0.3, 0.4) is 0 Å². The van der Waals surface area contributed by atoms with Gasteiger partial charge in [-0.05, 0) is 26.0 Å². The van der Waals surface area contributed by atoms with Crippen molar-refractivity contribution >= 4 is 5.91 Å². The van der Waals surface area contributed by atoms with E-state index in [4.69, 9.17) is 0 Å². The lowest BCUT2D eigenvalue weighted by atomic mass is 10.3. The Bertz CT molecular complexity index is 603. The first-order valence-electron chi connectivity index (χ1n) is 6.53. The summed E-state index contributed by atoms with van der Waals surface area (Å²) in [6.07, 6.45) is 1.50. The summed E-state index contributed by atoms with van der Waals surface area (Å²) in [5.74, 6) is -0.127. The van der Waals surface area contributed by atoms with E-state index in [2.05, 4.69) is 16.8 Å². The molecule has 5 heteroatoms. The van der Waals surface area contributed by atoms with Crippen LogP contribution in [0.4, 0.5) is 0 Å². The molecule has 2 rings (SSSR count). The molecule has 0 aliphatic heterocycles. The monoisotopic (exact) mass is 270 g/mol. The molecule has 5 nitrogen and oxygen atoms in total. The van der Waals surface area contributed by atoms with Gasteiger partial charge in [0.2, 0.25) is 0 Å². The topological polar surface area (TPSA) is 51.0 Å². The number of carbonyl (C=O) groups excluding carboxylic acids is 1. The molecule has 1 heterocycles. The summed E-state index contributed by atoms with van der Waals surface area (Å²) >= 11 is 0. The number of aromatic nitrogens is 3. The van der Waals surface area contributed by atoms with Crippen LogP contribution >= 0.6 is 0 Å². The molecule has 0 bridgehead atoms. The molecule has 2 aromatic rings. The van der Waals surface area contributed by atoms with Gasteiger partial charge >= 0.3 is 0 Å². The summed E-state index contributed by atoms with van der Waals surface area (Å²) in [5, 5.41) is 8.38. The van der Waals surface area contributed by atoms with Crippen molar-refractivity contribution in [3.05, 3.63) is 54.4 Å². The van der Waals surface area contributed by atoms with Crippen LogP contribution in [0.5, 0.6) is 0 Å². The summed E-state index contributed by atoms with van der Waals surface area (Å²) in [6.45, 7) is 8.82. The highest BCUT2D eigenvalue weighted by atomic mass is 16.2. The molecule has 104 valence electrons. The van der Waals surface area contributed by atoms with Gasteiger partial charge < -0.3 is 4.90 Å². The summed E-state index contributed by atoms with van der Waals surface area (Å²) in [5.41, 5.74) is 2.11. The van der Waals surface area contributed by atoms with E-state index in [0.29, 0.717) is 18.8 Å². The van der Waals surface area contributed by atoms with E-state index in [1.807, 2.05) is 44.2 Å². The fraction of sp³-hybridized carbons (Fsp3) is 0.267. The minimum absolute atomic E-state index is 0.127. The van der Waals surface area contributed by atoms with Gasteiger partial charge in [0.05, 0.1) is 11.9 Å². The van der Waals surface area contributed by atoms with Crippen LogP contribution in [0.1, 0.15) is 24.3 Å². The first kappa shape index (κ1) is 14.0. The predicted octanol–water partition coefficient (Wildman–Crippen LogP) is 2.31. The van der Waals surface area contributed by atoms with E-state index < -0.39 is 0 Å². The Balaban J connectivity index is 2.20. The third kappa shape index (κ3) is 3.12. The van der Waals surface area contributed by atoms with E-state index >= 15 is 0 Å². The highest BCUT2D eigenvalue weighted by Gasteiger charge is 2.17. The van der Waals surface area contributed by atoms with Crippen LogP contribution in [0, 0.1) is 0 Å². The van der Waals surface area contributed by atoms with Gasteiger partial charge in [0.25, 0.3) is 5.91 Å². The van der Waals surface area contributed by atoms with Gasteiger partial charge in [0, 0.05) is 13.1 Å². The van der Waals surface area contributed by atoms with Gasteiger partial charge in [-0.25, -0.2) is 0 Å². The van der Waals surface area contributed by atoms with Gasteiger partial charge in [-0.2, -0.15) is 9.90 Å². The molecule has 20 heavy (non-hydrogen) atoms. The molecule has 0 radical (unpaired) electrons. The number of rotatable bonds is 5. The SMILES string of the molecule is C=C(C)CN(CC)C(=O)c1cnn(-c2ccccc2)n1. The maximum absolute atomic E-state index is 12.3. The highest BCUT2D eigenvalue weighted by Crippen LogP contribution is 2.07. The standard InChI is InChI=1S/C15H18N4O/c1-4-18(11-12(2)3)15(20)14-10-16-19(17-14)13-8-6-5-7-9-13/h5-10H,2,4,11H2,1,3H3. The molecule has 1 aromatic heterocycles. The Hall–Kier alpha value is -2.43. The maximum atomic E-state index is 12.3. The van der Waals surface area contributed by atoms with Crippen LogP contribution in [0.2, 0.25) is 0 Å². The summed E-state index contributed by atoms with van der Waals surface area (Å²) in [4.78, 5) is 15.5. The number of benzene rings is 1. The van der Waals surface area contributed by atoms with E-state index in [-0.39, 0.29) is 5.91 Å². The number of amides is 1. The first-order valence-corrected chi connectivity index (χ1v) is 6.53. The van der Waals surface area contributed by atoms with Crippen molar-refractivity contribution in [2.24, 2.45) is 0 Å². The van der Waals surface area contributed by atoms with Crippen molar-refractivity contribution in [1.82, 2.24) is 19.9 Å². The van der Waals surface area contributed by atoms with Crippen LogP contribution in [-0.2, 0) is 0 Å². The Kier molecular flexibility index (Phi) is 4.30. The average Bonchev–Trinajstić information content (AvgIpc) is 2.94. The molecule has 0 fully saturated rings. The maximum Gasteiger partial charge on any atom is 0.276 e. The van der Waals surface area contributed by atoms with Gasteiger partial charge in [0.1, 0.15) is 0 Å². The number of carbonyl (C=O) groups is 1. The fourth-order valence-corrected chi connectivity index (χ4v) is 1.86. The number of nitrogens with zero attached hydrogens (tertiary/aromatic N) is 4. The zero-order chi connectivity index (χ0) is 14.5. The molecule has 0 atom stereocenters. The van der Waals surface area contributed by atoms with Crippen LogP contribution < -0.4 is 0 Å². The Morgan fingerprint density at radius 3 is 2.65 bits per heavy atom. The van der Waals surface area contributed by atoms with Crippen molar-refractivity contribution in [2.75, 3.05) is 13.1 Å². The fourth-order valence-electron chi connectivity index (χ4n) is 1.86. The lowest BCUT2D eigenvalue weighted by Gasteiger charge is -2.19. The van der Waals surface area contributed by atoms with Crippen LogP contribution in [-0.4, -0.2) is 38.9 Å². The average molecular weight is 270 g/mol. The van der Waals surface area contributed by atoms with Gasteiger partial charge in [-0.15, -0.1) is 5.10 Å². The van der Waals surface area contributed by atoms with Gasteiger partial charge in [0.15, 0.2) is 5.69 Å². The second kappa shape index (κ2) is 6.14. The number of para-hydroxylation sites is 1. The van der Waals surface area contributed by atoms with Crippen molar-refractivity contribution < 1.29 is 4.79 Å². The lowest BCUT2D eigenvalue weighted by molar-refractivity contribution is 0.0772. The second-order valence-electron chi connectivity index (χ2n) is 4.63. The van der Waals surface area contributed by atoms with Crippen LogP contribution in [0.15, 0.2) is 48.7 Å². The molecular formula is C15H18N4O. The minimum Gasteiger partial charge on any atom is -0.334 e. The zero-order valence-electron chi connectivity index (χ0n) is 11.8. The Morgan fingerprint density at radius 1 is 1.35 bits per heavy atom. The molecule has 0 saturated heterocycles. The van der Waals surface area contributed by atoms with Gasteiger partial charge in [-0.3, -0.25) is 4.79 Å². The van der Waals surface area contributed by atoms with Crippen molar-refractivity contribution in [1.29, 1.82) is 0 Å². The minimum atomic E-state index is -0.127. The molecule has 0 saturated carbocycles. The van der Waals surface area contributed by atoms with E-state index in [9.17, 15) is 4.79 Å². The van der Waals surface area contributed by atoms with Gasteiger partial charge in [-0.1, -0.05) is 30.4 Å². The van der Waals surface area contributed by atoms with E-state index in [0.717, 1.165) is 11.3 Å². The van der Waals surface area contributed by atoms with E-state index in [1.54, 1.807) is 4.90 Å². The Labute approximate surface area is 118 Å². The van der Waals surface area contributed by atoms with Crippen LogP contribution in [0.25, 0.3) is 5.69 Å². The molecule has 0 N–H and O–H groups in total. The van der Waals surface area contributed by atoms with Crippen molar-refractivity contribution in [3.8, 4) is 5.69 Å². The lowest BCUT2D eigenvalue weighted by Crippen LogP contribution is -2.32. The predicted molar refractivity (Wildman–Crippen MR) is 77.8 cm³/mol. The summed E-state index contributed by atoms with van der Waals surface area (Å²) in [7, 11) is 0. The quantitative estimate of drug-likeness (QED) is 0.783. The van der Waals surface area contributed by atoms with Crippen molar-refractivity contribution in [3.63, 3.8) is 0 Å². The first-order chi connectivity index (χ1) is 9.61. The molecule has 0 aliphatic rings. The second-order valence-corrected chi connectivity index (χ2v) is 4.63. The molecular weight excluding hydrogens is 252 g/mol. The molecule has 0 aliphatic carbocycles. The van der Waals surface area contributed by atoms with E-state index in [1.165, 1.54) is 11.0 Å². The third-order valence-corrected chi connectivity index (χ3v) is 2.83. The smallest absolute Gasteiger partial charge is 0.276 e. The normalized spacial score (nSPS) is 10.3. The molecule has 1 aromatic carbocycles. The summed E-state index contributed by atoms with van der Waals surface area (Å²) in [6, 6.07) is 9.50. The van der Waals surface area contributed by atoms with Crippen molar-refractivity contribution in [2.45, 2.75) is 13.8 Å².